The number of aliphatic imine (C=N–C) groups is 1. The summed E-state index contributed by atoms with van der Waals surface area (Å²) in [5, 5.41) is 9.37. The van der Waals surface area contributed by atoms with Crippen molar-refractivity contribution in [3.05, 3.63) is 52.9 Å². The highest BCUT2D eigenvalue weighted by molar-refractivity contribution is 6.15. The molecule has 0 fully saturated rings. The molecule has 160 valence electrons. The third-order valence-electron chi connectivity index (χ3n) is 6.07. The molecule has 0 aromatic carbocycles. The van der Waals surface area contributed by atoms with Crippen molar-refractivity contribution < 1.29 is 4.79 Å². The Hall–Kier alpha value is -3.29. The number of hydrogen-bond acceptors (Lipinski definition) is 5. The molecule has 5 heterocycles. The smallest absolute Gasteiger partial charge is 0.223 e. The van der Waals surface area contributed by atoms with Crippen LogP contribution in [0.15, 0.2) is 29.6 Å². The minimum Gasteiger partial charge on any atom is -0.334 e. The van der Waals surface area contributed by atoms with Crippen LogP contribution in [0.5, 0.6) is 0 Å². The lowest BCUT2D eigenvalue weighted by Crippen LogP contribution is -2.36. The number of amides is 1. The van der Waals surface area contributed by atoms with Crippen molar-refractivity contribution in [2.45, 2.75) is 59.3 Å². The summed E-state index contributed by atoms with van der Waals surface area (Å²) in [4.78, 5) is 24.5. The molecule has 8 nitrogen and oxygen atoms in total. The van der Waals surface area contributed by atoms with E-state index in [9.17, 15) is 4.79 Å². The molecule has 3 aromatic heterocycles. The summed E-state index contributed by atoms with van der Waals surface area (Å²) >= 11 is 0. The molecule has 0 radical (unpaired) electrons. The highest BCUT2D eigenvalue weighted by atomic mass is 16.2. The first kappa shape index (κ1) is 19.7. The van der Waals surface area contributed by atoms with Crippen molar-refractivity contribution in [3.8, 4) is 11.1 Å². The van der Waals surface area contributed by atoms with Crippen molar-refractivity contribution in [3.63, 3.8) is 0 Å². The number of nitrogens with zero attached hydrogens (tertiary/aromatic N) is 7. The van der Waals surface area contributed by atoms with Crippen molar-refractivity contribution in [2.24, 2.45) is 12.0 Å². The number of aryl methyl sites for hydroxylation is 3. The van der Waals surface area contributed by atoms with Gasteiger partial charge in [0.2, 0.25) is 5.91 Å². The molecule has 31 heavy (non-hydrogen) atoms. The van der Waals surface area contributed by atoms with E-state index in [1.165, 1.54) is 0 Å². The summed E-state index contributed by atoms with van der Waals surface area (Å²) < 4.78 is 3.75. The van der Waals surface area contributed by atoms with Crippen LogP contribution in [0, 0.1) is 6.92 Å². The van der Waals surface area contributed by atoms with Crippen molar-refractivity contribution in [1.29, 1.82) is 0 Å². The Morgan fingerprint density at radius 3 is 2.71 bits per heavy atom. The largest absolute Gasteiger partial charge is 0.334 e. The Morgan fingerprint density at radius 1 is 1.06 bits per heavy atom. The van der Waals surface area contributed by atoms with E-state index >= 15 is 0 Å². The second-order valence-electron chi connectivity index (χ2n) is 8.66. The van der Waals surface area contributed by atoms with Crippen molar-refractivity contribution in [2.75, 3.05) is 0 Å². The Bertz CT molecular complexity index is 1200. The highest BCUT2D eigenvalue weighted by Crippen LogP contribution is 2.30. The fourth-order valence-corrected chi connectivity index (χ4v) is 4.45. The molecule has 0 atom stereocenters. The maximum absolute atomic E-state index is 13.1. The number of rotatable bonds is 1. The van der Waals surface area contributed by atoms with Gasteiger partial charge in [-0.3, -0.25) is 24.1 Å². The van der Waals surface area contributed by atoms with E-state index in [1.807, 2.05) is 40.6 Å². The van der Waals surface area contributed by atoms with E-state index in [4.69, 9.17) is 15.1 Å². The third kappa shape index (κ3) is 3.45. The van der Waals surface area contributed by atoms with Crippen LogP contribution >= 0.6 is 0 Å². The van der Waals surface area contributed by atoms with Gasteiger partial charge in [0.25, 0.3) is 0 Å². The van der Waals surface area contributed by atoms with Crippen LogP contribution in [-0.2, 0) is 31.5 Å². The first-order valence-electron chi connectivity index (χ1n) is 10.8. The molecular formula is C23H27N7O. The molecule has 0 saturated heterocycles. The molecule has 4 bridgehead atoms. The van der Waals surface area contributed by atoms with E-state index < -0.39 is 0 Å². The SMILES string of the molecule is Cc1nn2cc1C1=NCc3ncc(cc31)-c1cn(C)nc1CN(C(C)C)C(=O)CCC2. The van der Waals surface area contributed by atoms with E-state index in [1.54, 1.807) is 0 Å². The summed E-state index contributed by atoms with van der Waals surface area (Å²) in [5.74, 6) is 0.142. The number of aromatic nitrogens is 5. The molecule has 0 N–H and O–H groups in total. The molecule has 5 rings (SSSR count). The van der Waals surface area contributed by atoms with Crippen LogP contribution in [0.3, 0.4) is 0 Å². The van der Waals surface area contributed by atoms with Crippen molar-refractivity contribution in [1.82, 2.24) is 29.4 Å². The zero-order valence-electron chi connectivity index (χ0n) is 18.5. The summed E-state index contributed by atoms with van der Waals surface area (Å²) in [6.45, 7) is 7.89. The minimum atomic E-state index is 0.0912. The standard InChI is InChI=1S/C23H27N7O/c1-14(2)30-13-21-19(11-28(4)27-21)16-8-17-20(24-9-16)10-25-23(17)18-12-29(26-15(18)3)7-5-6-22(30)31/h8-9,11-12,14H,5-7,10,13H2,1-4H3. The molecular weight excluding hydrogens is 390 g/mol. The lowest BCUT2D eigenvalue weighted by atomic mass is 9.99. The Labute approximate surface area is 181 Å². The maximum atomic E-state index is 13.1. The van der Waals surface area contributed by atoms with Gasteiger partial charge in [-0.25, -0.2) is 0 Å². The molecule has 2 aliphatic heterocycles. The van der Waals surface area contributed by atoms with Crippen LogP contribution in [0.4, 0.5) is 0 Å². The average Bonchev–Trinajstić information content (AvgIpc) is 3.41. The maximum Gasteiger partial charge on any atom is 0.223 e. The van der Waals surface area contributed by atoms with Gasteiger partial charge in [0.15, 0.2) is 0 Å². The fourth-order valence-electron chi connectivity index (χ4n) is 4.45. The predicted octanol–water partition coefficient (Wildman–Crippen LogP) is 2.87. The normalized spacial score (nSPS) is 16.2. The molecule has 0 unspecified atom stereocenters. The van der Waals surface area contributed by atoms with E-state index in [0.717, 1.165) is 51.5 Å². The van der Waals surface area contributed by atoms with Gasteiger partial charge in [0.05, 0.1) is 35.9 Å². The summed E-state index contributed by atoms with van der Waals surface area (Å²) in [5.41, 5.74) is 7.86. The molecule has 0 spiro atoms. The van der Waals surface area contributed by atoms with Gasteiger partial charge in [-0.2, -0.15) is 10.2 Å². The van der Waals surface area contributed by atoms with Crippen molar-refractivity contribution >= 4 is 11.6 Å². The Balaban J connectivity index is 1.67. The quantitative estimate of drug-likeness (QED) is 0.610. The van der Waals surface area contributed by atoms with Gasteiger partial charge in [-0.1, -0.05) is 0 Å². The molecule has 2 aliphatic rings. The number of hydrogen-bond donors (Lipinski definition) is 0. The molecule has 0 saturated carbocycles. The van der Waals surface area contributed by atoms with Crippen LogP contribution in [0.1, 0.15) is 54.9 Å². The number of carbonyl (C=O) groups excluding carboxylic acids is 1. The zero-order chi connectivity index (χ0) is 21.7. The summed E-state index contributed by atoms with van der Waals surface area (Å²) in [6.07, 6.45) is 7.18. The highest BCUT2D eigenvalue weighted by Gasteiger charge is 2.26. The first-order chi connectivity index (χ1) is 14.9. The lowest BCUT2D eigenvalue weighted by molar-refractivity contribution is -0.133. The Kier molecular flexibility index (Phi) is 4.72. The number of pyridine rings is 1. The topological polar surface area (TPSA) is 81.2 Å². The van der Waals surface area contributed by atoms with Gasteiger partial charge in [-0.05, 0) is 33.3 Å². The van der Waals surface area contributed by atoms with E-state index in [0.29, 0.717) is 26.1 Å². The monoisotopic (exact) mass is 417 g/mol. The van der Waals surface area contributed by atoms with Gasteiger partial charge in [0.1, 0.15) is 0 Å². The third-order valence-corrected chi connectivity index (χ3v) is 6.07. The van der Waals surface area contributed by atoms with Crippen LogP contribution in [0.25, 0.3) is 11.1 Å². The Morgan fingerprint density at radius 2 is 1.90 bits per heavy atom. The zero-order valence-corrected chi connectivity index (χ0v) is 18.5. The minimum absolute atomic E-state index is 0.0912. The van der Waals surface area contributed by atoms with Crippen LogP contribution in [0.2, 0.25) is 0 Å². The van der Waals surface area contributed by atoms with Gasteiger partial charge < -0.3 is 4.90 Å². The second-order valence-corrected chi connectivity index (χ2v) is 8.66. The summed E-state index contributed by atoms with van der Waals surface area (Å²) in [7, 11) is 1.91. The van der Waals surface area contributed by atoms with Crippen LogP contribution < -0.4 is 0 Å². The van der Waals surface area contributed by atoms with E-state index in [2.05, 4.69) is 31.2 Å². The molecule has 0 aliphatic carbocycles. The van der Waals surface area contributed by atoms with Gasteiger partial charge in [-0.15, -0.1) is 0 Å². The second kappa shape index (κ2) is 7.44. The lowest BCUT2D eigenvalue weighted by Gasteiger charge is -2.26. The molecule has 1 amide bonds. The predicted molar refractivity (Wildman–Crippen MR) is 118 cm³/mol. The molecule has 3 aromatic rings. The summed E-state index contributed by atoms with van der Waals surface area (Å²) in [6, 6.07) is 2.25. The van der Waals surface area contributed by atoms with Crippen LogP contribution in [-0.4, -0.2) is 47.1 Å². The molecule has 8 heteroatoms. The number of carbonyl (C=O) groups is 1. The van der Waals surface area contributed by atoms with Gasteiger partial charge >= 0.3 is 0 Å². The van der Waals surface area contributed by atoms with Gasteiger partial charge in [0, 0.05) is 66.9 Å². The van der Waals surface area contributed by atoms with E-state index in [-0.39, 0.29) is 11.9 Å². The first-order valence-corrected chi connectivity index (χ1v) is 10.8. The average molecular weight is 418 g/mol. The fraction of sp³-hybridized carbons (Fsp3) is 0.435. The number of fused-ring (bicyclic) bond motifs is 6.